The van der Waals surface area contributed by atoms with Gasteiger partial charge in [0.05, 0.1) is 41.2 Å². The molecule has 0 aliphatic heterocycles. The first-order chi connectivity index (χ1) is 14.5. The molecule has 0 fully saturated rings. The lowest BCUT2D eigenvalue weighted by Gasteiger charge is -2.09. The number of fused-ring (bicyclic) bond motifs is 2. The SMILES string of the molecule is O=C(O)c1c(O)c(=O)n(Cc2cnn(Cc3ncc4ccccn34)c2)c2ccsc12. The minimum atomic E-state index is -1.33. The monoisotopic (exact) mass is 421 g/mol. The smallest absolute Gasteiger partial charge is 0.341 e. The van der Waals surface area contributed by atoms with Crippen molar-refractivity contribution in [2.45, 2.75) is 13.1 Å². The number of imidazole rings is 1. The van der Waals surface area contributed by atoms with Gasteiger partial charge in [0.1, 0.15) is 11.4 Å². The predicted octanol–water partition coefficient (Wildman–Crippen LogP) is 2.41. The Morgan fingerprint density at radius 1 is 1.17 bits per heavy atom. The van der Waals surface area contributed by atoms with Crippen LogP contribution in [0.1, 0.15) is 21.7 Å². The van der Waals surface area contributed by atoms with E-state index in [0.29, 0.717) is 16.8 Å². The molecule has 0 aliphatic rings. The molecule has 0 aliphatic carbocycles. The second-order valence-electron chi connectivity index (χ2n) is 6.77. The Morgan fingerprint density at radius 3 is 2.87 bits per heavy atom. The number of aromatic nitrogens is 5. The van der Waals surface area contributed by atoms with Gasteiger partial charge < -0.3 is 14.6 Å². The van der Waals surface area contributed by atoms with E-state index in [1.807, 2.05) is 28.8 Å². The first-order valence-corrected chi connectivity index (χ1v) is 9.89. The lowest BCUT2D eigenvalue weighted by Crippen LogP contribution is -2.22. The van der Waals surface area contributed by atoms with Gasteiger partial charge in [-0.3, -0.25) is 14.0 Å². The number of nitrogens with zero attached hydrogens (tertiary/aromatic N) is 5. The molecule has 0 atom stereocenters. The minimum absolute atomic E-state index is 0.155. The molecule has 5 aromatic rings. The maximum Gasteiger partial charge on any atom is 0.341 e. The van der Waals surface area contributed by atoms with Gasteiger partial charge in [0.15, 0.2) is 5.75 Å². The molecule has 0 unspecified atom stereocenters. The number of rotatable bonds is 5. The maximum absolute atomic E-state index is 12.6. The summed E-state index contributed by atoms with van der Waals surface area (Å²) < 4.78 is 5.41. The first kappa shape index (κ1) is 18.1. The number of carboxylic acid groups (broad SMARTS) is 1. The van der Waals surface area contributed by atoms with Crippen LogP contribution in [-0.4, -0.2) is 39.9 Å². The van der Waals surface area contributed by atoms with Gasteiger partial charge in [-0.25, -0.2) is 9.78 Å². The van der Waals surface area contributed by atoms with Gasteiger partial charge in [0, 0.05) is 18.0 Å². The Bertz CT molecular complexity index is 1480. The summed E-state index contributed by atoms with van der Waals surface area (Å²) in [5.74, 6) is -1.27. The highest BCUT2D eigenvalue weighted by atomic mass is 32.1. The molecule has 0 amide bonds. The number of pyridine rings is 2. The fourth-order valence-electron chi connectivity index (χ4n) is 3.53. The molecule has 5 rings (SSSR count). The van der Waals surface area contributed by atoms with Crippen LogP contribution < -0.4 is 5.56 Å². The lowest BCUT2D eigenvalue weighted by atomic mass is 10.2. The van der Waals surface area contributed by atoms with Gasteiger partial charge in [-0.05, 0) is 23.6 Å². The normalized spacial score (nSPS) is 11.5. The summed E-state index contributed by atoms with van der Waals surface area (Å²) in [7, 11) is 0. The lowest BCUT2D eigenvalue weighted by molar-refractivity contribution is 0.0695. The zero-order valence-corrected chi connectivity index (χ0v) is 16.3. The average Bonchev–Trinajstić information content (AvgIpc) is 3.46. The number of hydrogen-bond donors (Lipinski definition) is 2. The summed E-state index contributed by atoms with van der Waals surface area (Å²) in [4.78, 5) is 28.5. The van der Waals surface area contributed by atoms with Crippen LogP contribution in [0.15, 0.2) is 59.2 Å². The van der Waals surface area contributed by atoms with E-state index in [4.69, 9.17) is 0 Å². The number of thiophene rings is 1. The van der Waals surface area contributed by atoms with Gasteiger partial charge in [0.2, 0.25) is 0 Å². The van der Waals surface area contributed by atoms with Crippen LogP contribution in [0.4, 0.5) is 0 Å². The Morgan fingerprint density at radius 2 is 2.03 bits per heavy atom. The zero-order chi connectivity index (χ0) is 20.8. The van der Waals surface area contributed by atoms with Crippen LogP contribution >= 0.6 is 11.3 Å². The van der Waals surface area contributed by atoms with Gasteiger partial charge in [-0.2, -0.15) is 5.10 Å². The Labute approximate surface area is 172 Å². The molecule has 0 spiro atoms. The first-order valence-electron chi connectivity index (χ1n) is 9.01. The minimum Gasteiger partial charge on any atom is -0.502 e. The van der Waals surface area contributed by atoms with Crippen LogP contribution in [0.3, 0.4) is 0 Å². The molecule has 0 saturated carbocycles. The molecule has 9 nitrogen and oxygen atoms in total. The van der Waals surface area contributed by atoms with E-state index < -0.39 is 17.3 Å². The summed E-state index contributed by atoms with van der Waals surface area (Å²) in [6, 6.07) is 7.52. The highest BCUT2D eigenvalue weighted by molar-refractivity contribution is 7.17. The third-order valence-corrected chi connectivity index (χ3v) is 5.83. The fraction of sp³-hybridized carbons (Fsp3) is 0.100. The summed E-state index contributed by atoms with van der Waals surface area (Å²) in [6.07, 6.45) is 7.17. The number of carboxylic acids is 1. The third kappa shape index (κ3) is 2.85. The van der Waals surface area contributed by atoms with Crippen molar-refractivity contribution in [3.8, 4) is 5.75 Å². The van der Waals surface area contributed by atoms with E-state index in [1.165, 1.54) is 15.9 Å². The molecule has 5 heterocycles. The molecule has 0 radical (unpaired) electrons. The van der Waals surface area contributed by atoms with E-state index >= 15 is 0 Å². The zero-order valence-electron chi connectivity index (χ0n) is 15.5. The van der Waals surface area contributed by atoms with E-state index in [2.05, 4.69) is 10.1 Å². The summed E-state index contributed by atoms with van der Waals surface area (Å²) in [5.41, 5.74) is 1.09. The molecule has 0 saturated heterocycles. The summed E-state index contributed by atoms with van der Waals surface area (Å²) >= 11 is 1.17. The standard InChI is InChI=1S/C20H15N5O4S/c26-17-16(20(28)29)18-14(4-6-30-18)25(19(17)27)10-12-7-22-23(9-12)11-15-21-8-13-3-1-2-5-24(13)15/h1-9,26H,10-11H2,(H,28,29). The molecule has 0 aromatic carbocycles. The largest absolute Gasteiger partial charge is 0.502 e. The second kappa shape index (κ2) is 6.85. The Balaban J connectivity index is 1.49. The van der Waals surface area contributed by atoms with Crippen molar-refractivity contribution in [3.63, 3.8) is 0 Å². The summed E-state index contributed by atoms with van der Waals surface area (Å²) in [6.45, 7) is 0.603. The van der Waals surface area contributed by atoms with Crippen LogP contribution in [-0.2, 0) is 13.1 Å². The number of aromatic hydroxyl groups is 1. The van der Waals surface area contributed by atoms with Crippen molar-refractivity contribution >= 4 is 33.0 Å². The number of aromatic carboxylic acids is 1. The van der Waals surface area contributed by atoms with Crippen LogP contribution in [0.5, 0.6) is 5.75 Å². The van der Waals surface area contributed by atoms with Crippen molar-refractivity contribution in [1.82, 2.24) is 23.7 Å². The van der Waals surface area contributed by atoms with Crippen LogP contribution in [0, 0.1) is 0 Å². The van der Waals surface area contributed by atoms with Gasteiger partial charge in [-0.1, -0.05) is 6.07 Å². The highest BCUT2D eigenvalue weighted by Crippen LogP contribution is 2.29. The number of hydrogen-bond acceptors (Lipinski definition) is 6. The van der Waals surface area contributed by atoms with Crippen LogP contribution in [0.25, 0.3) is 15.7 Å². The van der Waals surface area contributed by atoms with E-state index in [1.54, 1.807) is 34.7 Å². The topological polar surface area (TPSA) is 115 Å². The Hall–Kier alpha value is -3.92. The number of carbonyl (C=O) groups is 1. The van der Waals surface area contributed by atoms with Gasteiger partial charge in [0.25, 0.3) is 5.56 Å². The van der Waals surface area contributed by atoms with Crippen molar-refractivity contribution < 1.29 is 15.0 Å². The van der Waals surface area contributed by atoms with Gasteiger partial charge >= 0.3 is 5.97 Å². The highest BCUT2D eigenvalue weighted by Gasteiger charge is 2.22. The van der Waals surface area contributed by atoms with Crippen molar-refractivity contribution in [2.24, 2.45) is 0 Å². The Kier molecular flexibility index (Phi) is 4.14. The second-order valence-corrected chi connectivity index (χ2v) is 7.69. The molecule has 0 bridgehead atoms. The predicted molar refractivity (Wildman–Crippen MR) is 110 cm³/mol. The molecule has 10 heteroatoms. The van der Waals surface area contributed by atoms with E-state index in [9.17, 15) is 19.8 Å². The molecule has 2 N–H and O–H groups in total. The molecule has 5 aromatic heterocycles. The third-order valence-electron chi connectivity index (χ3n) is 4.91. The van der Waals surface area contributed by atoms with Crippen molar-refractivity contribution in [1.29, 1.82) is 0 Å². The molecule has 30 heavy (non-hydrogen) atoms. The van der Waals surface area contributed by atoms with Crippen molar-refractivity contribution in [3.05, 3.63) is 81.7 Å². The van der Waals surface area contributed by atoms with E-state index in [-0.39, 0.29) is 12.1 Å². The average molecular weight is 421 g/mol. The maximum atomic E-state index is 12.6. The quantitative estimate of drug-likeness (QED) is 0.450. The van der Waals surface area contributed by atoms with Crippen molar-refractivity contribution in [2.75, 3.05) is 0 Å². The molecular weight excluding hydrogens is 406 g/mol. The van der Waals surface area contributed by atoms with Gasteiger partial charge in [-0.15, -0.1) is 11.3 Å². The summed E-state index contributed by atoms with van der Waals surface area (Å²) in [5, 5.41) is 25.6. The van der Waals surface area contributed by atoms with Crippen LogP contribution in [0.2, 0.25) is 0 Å². The fourth-order valence-corrected chi connectivity index (χ4v) is 4.46. The molecular formula is C20H15N5O4S. The molecule has 150 valence electrons. The van der Waals surface area contributed by atoms with E-state index in [0.717, 1.165) is 16.9 Å².